The fourth-order valence-electron chi connectivity index (χ4n) is 3.98. The SMILES string of the molecule is c1ccc(-c2csc(CNC3CC4CCC3C4)c2)cc1. The summed E-state index contributed by atoms with van der Waals surface area (Å²) < 4.78 is 0. The molecule has 1 aromatic carbocycles. The third kappa shape index (κ3) is 2.43. The van der Waals surface area contributed by atoms with E-state index >= 15 is 0 Å². The highest BCUT2D eigenvalue weighted by Gasteiger charge is 2.38. The molecule has 3 atom stereocenters. The molecule has 0 saturated heterocycles. The van der Waals surface area contributed by atoms with E-state index in [0.717, 1.165) is 24.4 Å². The lowest BCUT2D eigenvalue weighted by Crippen LogP contribution is -2.33. The zero-order valence-corrected chi connectivity index (χ0v) is 12.5. The minimum absolute atomic E-state index is 0.788. The van der Waals surface area contributed by atoms with Crippen LogP contribution >= 0.6 is 11.3 Å². The third-order valence-corrected chi connectivity index (χ3v) is 5.97. The monoisotopic (exact) mass is 283 g/mol. The van der Waals surface area contributed by atoms with Crippen LogP contribution in [0.3, 0.4) is 0 Å². The van der Waals surface area contributed by atoms with Gasteiger partial charge in [-0.1, -0.05) is 36.8 Å². The molecule has 2 bridgehead atoms. The molecule has 2 aliphatic carbocycles. The van der Waals surface area contributed by atoms with E-state index in [1.54, 1.807) is 0 Å². The van der Waals surface area contributed by atoms with Crippen molar-refractivity contribution in [3.63, 3.8) is 0 Å². The maximum atomic E-state index is 3.80. The van der Waals surface area contributed by atoms with E-state index < -0.39 is 0 Å². The van der Waals surface area contributed by atoms with Crippen LogP contribution in [0.25, 0.3) is 11.1 Å². The number of thiophene rings is 1. The number of hydrogen-bond acceptors (Lipinski definition) is 2. The molecule has 4 rings (SSSR count). The number of rotatable bonds is 4. The molecule has 2 saturated carbocycles. The third-order valence-electron chi connectivity index (χ3n) is 5.04. The second kappa shape index (κ2) is 5.34. The summed E-state index contributed by atoms with van der Waals surface area (Å²) >= 11 is 1.89. The van der Waals surface area contributed by atoms with Gasteiger partial charge in [-0.05, 0) is 53.7 Å². The first-order valence-corrected chi connectivity index (χ1v) is 8.62. The van der Waals surface area contributed by atoms with Crippen molar-refractivity contribution in [2.24, 2.45) is 11.8 Å². The van der Waals surface area contributed by atoms with Crippen LogP contribution in [0, 0.1) is 11.8 Å². The smallest absolute Gasteiger partial charge is 0.0302 e. The Morgan fingerprint density at radius 3 is 2.70 bits per heavy atom. The van der Waals surface area contributed by atoms with E-state index in [-0.39, 0.29) is 0 Å². The van der Waals surface area contributed by atoms with Gasteiger partial charge < -0.3 is 5.32 Å². The normalized spacial score (nSPS) is 28.1. The van der Waals surface area contributed by atoms with E-state index in [1.165, 1.54) is 41.7 Å². The van der Waals surface area contributed by atoms with Crippen molar-refractivity contribution in [2.45, 2.75) is 38.3 Å². The summed E-state index contributed by atoms with van der Waals surface area (Å²) in [5, 5.41) is 6.09. The summed E-state index contributed by atoms with van der Waals surface area (Å²) in [6.45, 7) is 1.05. The van der Waals surface area contributed by atoms with E-state index in [2.05, 4.69) is 47.1 Å². The maximum absolute atomic E-state index is 3.80. The molecule has 20 heavy (non-hydrogen) atoms. The molecule has 0 radical (unpaired) electrons. The molecule has 1 N–H and O–H groups in total. The molecule has 2 aromatic rings. The fourth-order valence-corrected chi connectivity index (χ4v) is 4.83. The predicted octanol–water partition coefficient (Wildman–Crippen LogP) is 4.69. The molecular weight excluding hydrogens is 262 g/mol. The highest BCUT2D eigenvalue weighted by molar-refractivity contribution is 7.10. The van der Waals surface area contributed by atoms with Gasteiger partial charge >= 0.3 is 0 Å². The Morgan fingerprint density at radius 2 is 1.95 bits per heavy atom. The summed E-state index contributed by atoms with van der Waals surface area (Å²) in [5.74, 6) is 1.99. The average Bonchev–Trinajstić information content (AvgIpc) is 3.22. The molecule has 2 aliphatic rings. The maximum Gasteiger partial charge on any atom is 0.0302 e. The Hall–Kier alpha value is -1.12. The summed E-state index contributed by atoms with van der Waals surface area (Å²) in [5.41, 5.74) is 2.69. The van der Waals surface area contributed by atoms with E-state index in [0.29, 0.717) is 0 Å². The second-order valence-corrected chi connectivity index (χ2v) is 7.33. The lowest BCUT2D eigenvalue weighted by Gasteiger charge is -2.22. The Bertz CT molecular complexity index is 574. The van der Waals surface area contributed by atoms with Crippen LogP contribution in [0.1, 0.15) is 30.6 Å². The van der Waals surface area contributed by atoms with E-state index in [9.17, 15) is 0 Å². The molecule has 1 nitrogen and oxygen atoms in total. The molecule has 0 aliphatic heterocycles. The van der Waals surface area contributed by atoms with Crippen LogP contribution in [-0.2, 0) is 6.54 Å². The molecule has 3 unspecified atom stereocenters. The van der Waals surface area contributed by atoms with Gasteiger partial charge in [0, 0.05) is 17.5 Å². The Balaban J connectivity index is 1.39. The standard InChI is InChI=1S/C18H21NS/c1-2-4-14(5-3-1)16-10-17(20-12-16)11-19-18-9-13-6-7-15(18)8-13/h1-5,10,12-13,15,18-19H,6-9,11H2. The molecule has 1 aromatic heterocycles. The minimum Gasteiger partial charge on any atom is -0.309 e. The highest BCUT2D eigenvalue weighted by Crippen LogP contribution is 2.44. The lowest BCUT2D eigenvalue weighted by atomic mass is 9.95. The molecule has 0 spiro atoms. The van der Waals surface area contributed by atoms with Gasteiger partial charge in [0.1, 0.15) is 0 Å². The van der Waals surface area contributed by atoms with Gasteiger partial charge in [0.15, 0.2) is 0 Å². The molecule has 104 valence electrons. The Morgan fingerprint density at radius 1 is 1.05 bits per heavy atom. The Kier molecular flexibility index (Phi) is 3.37. The zero-order valence-electron chi connectivity index (χ0n) is 11.7. The van der Waals surface area contributed by atoms with Crippen molar-refractivity contribution in [3.05, 3.63) is 46.7 Å². The molecular formula is C18H21NS. The second-order valence-electron chi connectivity index (χ2n) is 6.33. The van der Waals surface area contributed by atoms with E-state index in [1.807, 2.05) is 11.3 Å². The molecule has 2 heteroatoms. The van der Waals surface area contributed by atoms with Gasteiger partial charge in [0.2, 0.25) is 0 Å². The first-order chi connectivity index (χ1) is 9.88. The summed E-state index contributed by atoms with van der Waals surface area (Å²) in [7, 11) is 0. The van der Waals surface area contributed by atoms with Crippen molar-refractivity contribution in [2.75, 3.05) is 0 Å². The first kappa shape index (κ1) is 12.6. The van der Waals surface area contributed by atoms with Crippen molar-refractivity contribution >= 4 is 11.3 Å². The number of hydrogen-bond donors (Lipinski definition) is 1. The van der Waals surface area contributed by atoms with Crippen LogP contribution in [0.5, 0.6) is 0 Å². The van der Waals surface area contributed by atoms with Crippen LogP contribution in [0.15, 0.2) is 41.8 Å². The van der Waals surface area contributed by atoms with Gasteiger partial charge in [-0.15, -0.1) is 11.3 Å². The van der Waals surface area contributed by atoms with E-state index in [4.69, 9.17) is 0 Å². The number of benzene rings is 1. The van der Waals surface area contributed by atoms with Gasteiger partial charge in [-0.25, -0.2) is 0 Å². The van der Waals surface area contributed by atoms with Crippen LogP contribution in [-0.4, -0.2) is 6.04 Å². The quantitative estimate of drug-likeness (QED) is 0.858. The van der Waals surface area contributed by atoms with Gasteiger partial charge in [-0.2, -0.15) is 0 Å². The zero-order chi connectivity index (χ0) is 13.4. The minimum atomic E-state index is 0.788. The van der Waals surface area contributed by atoms with Crippen LogP contribution in [0.2, 0.25) is 0 Å². The van der Waals surface area contributed by atoms with Crippen LogP contribution < -0.4 is 5.32 Å². The van der Waals surface area contributed by atoms with Crippen LogP contribution in [0.4, 0.5) is 0 Å². The van der Waals surface area contributed by atoms with Crippen molar-refractivity contribution < 1.29 is 0 Å². The molecule has 2 fully saturated rings. The average molecular weight is 283 g/mol. The van der Waals surface area contributed by atoms with Gasteiger partial charge in [0.25, 0.3) is 0 Å². The number of fused-ring (bicyclic) bond motifs is 2. The molecule has 1 heterocycles. The van der Waals surface area contributed by atoms with Gasteiger partial charge in [0.05, 0.1) is 0 Å². The number of nitrogens with one attached hydrogen (secondary N) is 1. The highest BCUT2D eigenvalue weighted by atomic mass is 32.1. The first-order valence-electron chi connectivity index (χ1n) is 7.75. The fraction of sp³-hybridized carbons (Fsp3) is 0.444. The lowest BCUT2D eigenvalue weighted by molar-refractivity contribution is 0.351. The summed E-state index contributed by atoms with van der Waals surface area (Å²) in [4.78, 5) is 1.46. The summed E-state index contributed by atoms with van der Waals surface area (Å²) in [6.07, 6.45) is 5.85. The van der Waals surface area contributed by atoms with Crippen molar-refractivity contribution in [3.8, 4) is 11.1 Å². The Labute approximate surface area is 125 Å². The van der Waals surface area contributed by atoms with Crippen molar-refractivity contribution in [1.29, 1.82) is 0 Å². The largest absolute Gasteiger partial charge is 0.309 e. The summed E-state index contributed by atoms with van der Waals surface area (Å²) in [6, 6.07) is 13.8. The predicted molar refractivity (Wildman–Crippen MR) is 85.8 cm³/mol. The van der Waals surface area contributed by atoms with Gasteiger partial charge in [-0.3, -0.25) is 0 Å². The van der Waals surface area contributed by atoms with Crippen molar-refractivity contribution in [1.82, 2.24) is 5.32 Å². The topological polar surface area (TPSA) is 12.0 Å². The molecule has 0 amide bonds.